The Balaban J connectivity index is 2.39. The average molecular weight is 352 g/mol. The van der Waals surface area contributed by atoms with Crippen molar-refractivity contribution in [2.45, 2.75) is 31.2 Å². The molecule has 0 atom stereocenters. The van der Waals surface area contributed by atoms with Gasteiger partial charge in [-0.15, -0.1) is 0 Å². The molecule has 127 valence electrons. The smallest absolute Gasteiger partial charge is 0.310 e. The number of nitrogens with one attached hydrogen (secondary N) is 1. The van der Waals surface area contributed by atoms with Gasteiger partial charge in [0, 0.05) is 25.0 Å². The van der Waals surface area contributed by atoms with E-state index in [1.807, 2.05) is 0 Å². The van der Waals surface area contributed by atoms with Crippen LogP contribution in [0.15, 0.2) is 35.5 Å². The quantitative estimate of drug-likeness (QED) is 0.705. The second-order valence-corrected chi connectivity index (χ2v) is 7.80. The zero-order valence-electron chi connectivity index (χ0n) is 12.4. The number of rotatable bonds is 5. The Labute approximate surface area is 130 Å². The van der Waals surface area contributed by atoms with Gasteiger partial charge in [0.05, 0.1) is 0 Å². The van der Waals surface area contributed by atoms with E-state index < -0.39 is 15.1 Å². The van der Waals surface area contributed by atoms with Crippen LogP contribution in [0.4, 0.5) is 25.4 Å². The first-order valence-corrected chi connectivity index (χ1v) is 8.60. The SMILES string of the molecule is CC(C)c1cc(CNc2nc[c]cn2)cc(S(F)(F)(F)(F)F)c1. The molecule has 9 heteroatoms. The topological polar surface area (TPSA) is 37.8 Å². The molecule has 0 aliphatic rings. The molecule has 0 amide bonds. The third-order valence-corrected chi connectivity index (χ3v) is 4.20. The van der Waals surface area contributed by atoms with E-state index in [1.54, 1.807) is 13.8 Å². The predicted octanol–water partition coefficient (Wildman–Crippen LogP) is 5.67. The molecule has 0 saturated carbocycles. The van der Waals surface area contributed by atoms with E-state index in [2.05, 4.69) is 21.4 Å². The van der Waals surface area contributed by atoms with Gasteiger partial charge in [-0.3, -0.25) is 0 Å². The Bertz CT molecular complexity index is 702. The van der Waals surface area contributed by atoms with Crippen LogP contribution in [0.1, 0.15) is 30.9 Å². The third-order valence-electron chi connectivity index (χ3n) is 3.07. The van der Waals surface area contributed by atoms with Crippen molar-refractivity contribution in [2.75, 3.05) is 5.32 Å². The van der Waals surface area contributed by atoms with Crippen LogP contribution in [0.3, 0.4) is 0 Å². The first-order chi connectivity index (χ1) is 10.3. The number of halogens is 5. The number of nitrogens with zero attached hydrogens (tertiary/aromatic N) is 2. The van der Waals surface area contributed by atoms with E-state index in [1.165, 1.54) is 18.5 Å². The van der Waals surface area contributed by atoms with Gasteiger partial charge in [0.2, 0.25) is 5.95 Å². The molecule has 2 rings (SSSR count). The van der Waals surface area contributed by atoms with Crippen molar-refractivity contribution < 1.29 is 19.4 Å². The van der Waals surface area contributed by atoms with Crippen LogP contribution in [0.5, 0.6) is 0 Å². The van der Waals surface area contributed by atoms with Gasteiger partial charge in [-0.05, 0) is 29.2 Å². The van der Waals surface area contributed by atoms with Gasteiger partial charge in [0.1, 0.15) is 4.90 Å². The van der Waals surface area contributed by atoms with Crippen molar-refractivity contribution >= 4 is 16.2 Å². The largest absolute Gasteiger partial charge is 0.350 e. The molecular weight excluding hydrogens is 337 g/mol. The molecular formula is C14H15F5N3S. The maximum Gasteiger partial charge on any atom is 0.310 e. The minimum Gasteiger partial charge on any atom is -0.350 e. The van der Waals surface area contributed by atoms with E-state index in [0.29, 0.717) is 12.1 Å². The molecule has 0 saturated heterocycles. The molecule has 0 spiro atoms. The Morgan fingerprint density at radius 3 is 2.17 bits per heavy atom. The number of anilines is 1. The van der Waals surface area contributed by atoms with Crippen LogP contribution >= 0.6 is 10.2 Å². The molecule has 0 aliphatic carbocycles. The van der Waals surface area contributed by atoms with Crippen molar-refractivity contribution in [2.24, 2.45) is 0 Å². The summed E-state index contributed by atoms with van der Waals surface area (Å²) in [4.78, 5) is 5.74. The Kier molecular flexibility index (Phi) is 3.83. The molecule has 1 aromatic heterocycles. The van der Waals surface area contributed by atoms with E-state index in [9.17, 15) is 19.4 Å². The van der Waals surface area contributed by atoms with Crippen molar-refractivity contribution in [1.82, 2.24) is 9.97 Å². The van der Waals surface area contributed by atoms with Gasteiger partial charge in [-0.2, -0.15) is 0 Å². The van der Waals surface area contributed by atoms with Crippen LogP contribution in [-0.4, -0.2) is 9.97 Å². The molecule has 2 aromatic rings. The second-order valence-electron chi connectivity index (χ2n) is 5.39. The molecule has 23 heavy (non-hydrogen) atoms. The fourth-order valence-corrected chi connectivity index (χ4v) is 2.61. The van der Waals surface area contributed by atoms with E-state index >= 15 is 0 Å². The maximum atomic E-state index is 13.1. The molecule has 0 bridgehead atoms. The lowest BCUT2D eigenvalue weighted by atomic mass is 10.0. The molecule has 1 aromatic carbocycles. The first-order valence-electron chi connectivity index (χ1n) is 6.65. The lowest BCUT2D eigenvalue weighted by Crippen LogP contribution is -2.10. The maximum absolute atomic E-state index is 13.1. The van der Waals surface area contributed by atoms with Crippen LogP contribution in [0.25, 0.3) is 0 Å². The third kappa shape index (κ3) is 4.78. The molecule has 3 nitrogen and oxygen atoms in total. The second kappa shape index (κ2) is 5.05. The Morgan fingerprint density at radius 2 is 1.65 bits per heavy atom. The highest BCUT2D eigenvalue weighted by atomic mass is 32.5. The highest BCUT2D eigenvalue weighted by molar-refractivity contribution is 8.45. The lowest BCUT2D eigenvalue weighted by Gasteiger charge is -2.41. The van der Waals surface area contributed by atoms with Gasteiger partial charge in [-0.1, -0.05) is 39.3 Å². The first kappa shape index (κ1) is 17.5. The van der Waals surface area contributed by atoms with Crippen molar-refractivity contribution in [1.29, 1.82) is 0 Å². The predicted molar refractivity (Wildman–Crippen MR) is 80.1 cm³/mol. The fraction of sp³-hybridized carbons (Fsp3) is 0.286. The normalized spacial score (nSPS) is 15.1. The van der Waals surface area contributed by atoms with Gasteiger partial charge in [0.25, 0.3) is 0 Å². The Hall–Kier alpha value is -1.90. The van der Waals surface area contributed by atoms with Gasteiger partial charge >= 0.3 is 10.2 Å². The molecule has 1 radical (unpaired) electrons. The Morgan fingerprint density at radius 1 is 1.04 bits per heavy atom. The van der Waals surface area contributed by atoms with Gasteiger partial charge < -0.3 is 5.32 Å². The summed E-state index contributed by atoms with van der Waals surface area (Å²) in [6.45, 7) is 3.17. The van der Waals surface area contributed by atoms with Crippen molar-refractivity contribution in [3.63, 3.8) is 0 Å². The van der Waals surface area contributed by atoms with Crippen LogP contribution in [-0.2, 0) is 6.54 Å². The summed E-state index contributed by atoms with van der Waals surface area (Å²) < 4.78 is 65.4. The van der Waals surface area contributed by atoms with Crippen LogP contribution in [0, 0.1) is 6.07 Å². The summed E-state index contributed by atoms with van der Waals surface area (Å²) in [7, 11) is -9.73. The summed E-state index contributed by atoms with van der Waals surface area (Å²) >= 11 is 0. The number of hydrogen-bond donors (Lipinski definition) is 1. The summed E-state index contributed by atoms with van der Waals surface area (Å²) in [6, 6.07) is 5.03. The zero-order valence-corrected chi connectivity index (χ0v) is 13.2. The minimum atomic E-state index is -9.73. The monoisotopic (exact) mass is 352 g/mol. The summed E-state index contributed by atoms with van der Waals surface area (Å²) in [5.74, 6) is -0.149. The van der Waals surface area contributed by atoms with Gasteiger partial charge in [0.15, 0.2) is 0 Å². The van der Waals surface area contributed by atoms with Crippen LogP contribution in [0.2, 0.25) is 0 Å². The van der Waals surface area contributed by atoms with Crippen LogP contribution < -0.4 is 5.32 Å². The number of benzene rings is 1. The highest BCUT2D eigenvalue weighted by Crippen LogP contribution is 3.02. The molecule has 0 aliphatic heterocycles. The minimum absolute atomic E-state index is 0.0795. The van der Waals surface area contributed by atoms with Gasteiger partial charge in [-0.25, -0.2) is 9.97 Å². The van der Waals surface area contributed by atoms with Crippen molar-refractivity contribution in [3.8, 4) is 0 Å². The van der Waals surface area contributed by atoms with E-state index in [0.717, 1.165) is 0 Å². The number of aromatic nitrogens is 2. The summed E-state index contributed by atoms with van der Waals surface area (Å²) in [6.07, 6.45) is 2.67. The highest BCUT2D eigenvalue weighted by Gasteiger charge is 2.65. The van der Waals surface area contributed by atoms with E-state index in [4.69, 9.17) is 0 Å². The molecule has 1 heterocycles. The van der Waals surface area contributed by atoms with E-state index in [-0.39, 0.29) is 29.5 Å². The summed E-state index contributed by atoms with van der Waals surface area (Å²) in [5.41, 5.74) is 0.269. The summed E-state index contributed by atoms with van der Waals surface area (Å²) in [5, 5.41) is 2.69. The molecule has 0 unspecified atom stereocenters. The molecule has 1 N–H and O–H groups in total. The zero-order chi connectivity index (χ0) is 17.4. The average Bonchev–Trinajstić information content (AvgIpc) is 2.43. The van der Waals surface area contributed by atoms with Crippen molar-refractivity contribution in [3.05, 3.63) is 47.8 Å². The number of hydrogen-bond acceptors (Lipinski definition) is 3. The lowest BCUT2D eigenvalue weighted by molar-refractivity contribution is 0.363. The molecule has 0 fully saturated rings. The standard InChI is InChI=1S/C14H15F5N3S/c1-10(2)12-6-11(9-22-14-20-4-3-5-21-14)7-13(8-12)23(15,16,17,18)19/h4-8,10H,9H2,1-2H3,(H,20,21,22). The fourth-order valence-electron chi connectivity index (χ4n) is 1.88.